The van der Waals surface area contributed by atoms with E-state index in [1.165, 1.54) is 25.7 Å². The maximum absolute atomic E-state index is 11.0. The summed E-state index contributed by atoms with van der Waals surface area (Å²) in [5, 5.41) is 9.71. The van der Waals surface area contributed by atoms with Gasteiger partial charge in [0.15, 0.2) is 0 Å². The first kappa shape index (κ1) is 11.1. The molecule has 2 rings (SSSR count). The Bertz CT molecular complexity index is 225. The highest BCUT2D eigenvalue weighted by atomic mass is 16.3. The van der Waals surface area contributed by atoms with E-state index in [1.807, 2.05) is 6.92 Å². The number of rotatable bonds is 2. The summed E-state index contributed by atoms with van der Waals surface area (Å²) in [6, 6.07) is 0. The van der Waals surface area contributed by atoms with Gasteiger partial charge in [0, 0.05) is 5.92 Å². The zero-order chi connectivity index (χ0) is 10.8. The molecule has 2 saturated carbocycles. The van der Waals surface area contributed by atoms with E-state index in [-0.39, 0.29) is 17.9 Å². The van der Waals surface area contributed by atoms with E-state index in [0.717, 1.165) is 31.0 Å². The summed E-state index contributed by atoms with van der Waals surface area (Å²) in [6.07, 6.45) is 8.19. The largest absolute Gasteiger partial charge is 0.393 e. The number of carbonyl (C=O) groups excluding carboxylic acids is 1. The molecule has 0 heterocycles. The predicted molar refractivity (Wildman–Crippen MR) is 59.4 cm³/mol. The van der Waals surface area contributed by atoms with Crippen LogP contribution < -0.4 is 0 Å². The summed E-state index contributed by atoms with van der Waals surface area (Å²) in [7, 11) is 0. The first-order chi connectivity index (χ1) is 7.22. The fourth-order valence-electron chi connectivity index (χ4n) is 3.66. The Morgan fingerprint density at radius 2 is 1.80 bits per heavy atom. The highest BCUT2D eigenvalue weighted by Crippen LogP contribution is 2.45. The molecule has 0 aliphatic heterocycles. The fraction of sp³-hybridized carbons (Fsp3) is 0.923. The monoisotopic (exact) mass is 210 g/mol. The van der Waals surface area contributed by atoms with Gasteiger partial charge in [0.1, 0.15) is 6.29 Å². The Hall–Kier alpha value is -0.370. The summed E-state index contributed by atoms with van der Waals surface area (Å²) >= 11 is 0. The highest BCUT2D eigenvalue weighted by Gasteiger charge is 2.39. The molecule has 86 valence electrons. The van der Waals surface area contributed by atoms with Gasteiger partial charge in [-0.3, -0.25) is 0 Å². The van der Waals surface area contributed by atoms with Gasteiger partial charge in [-0.05, 0) is 37.5 Å². The average molecular weight is 210 g/mol. The molecule has 2 heteroatoms. The van der Waals surface area contributed by atoms with Crippen LogP contribution in [0.15, 0.2) is 0 Å². The van der Waals surface area contributed by atoms with Gasteiger partial charge in [-0.25, -0.2) is 0 Å². The van der Waals surface area contributed by atoms with Crippen molar-refractivity contribution in [2.75, 3.05) is 0 Å². The molecular formula is C13H22O2. The van der Waals surface area contributed by atoms with E-state index in [2.05, 4.69) is 0 Å². The van der Waals surface area contributed by atoms with Crippen LogP contribution in [0.25, 0.3) is 0 Å². The Morgan fingerprint density at radius 1 is 1.20 bits per heavy atom. The van der Waals surface area contributed by atoms with E-state index < -0.39 is 0 Å². The maximum Gasteiger partial charge on any atom is 0.123 e. The van der Waals surface area contributed by atoms with Crippen molar-refractivity contribution in [3.63, 3.8) is 0 Å². The lowest BCUT2D eigenvalue weighted by Gasteiger charge is -2.43. The summed E-state index contributed by atoms with van der Waals surface area (Å²) in [4.78, 5) is 11.0. The van der Waals surface area contributed by atoms with Crippen LogP contribution in [-0.4, -0.2) is 17.5 Å². The molecule has 0 saturated heterocycles. The fourth-order valence-corrected chi connectivity index (χ4v) is 3.66. The summed E-state index contributed by atoms with van der Waals surface area (Å²) in [6.45, 7) is 1.84. The van der Waals surface area contributed by atoms with Gasteiger partial charge in [-0.15, -0.1) is 0 Å². The van der Waals surface area contributed by atoms with Crippen LogP contribution in [0.2, 0.25) is 0 Å². The van der Waals surface area contributed by atoms with Crippen LogP contribution in [0.1, 0.15) is 45.4 Å². The molecule has 15 heavy (non-hydrogen) atoms. The second kappa shape index (κ2) is 4.65. The van der Waals surface area contributed by atoms with Gasteiger partial charge in [0.2, 0.25) is 0 Å². The number of carbonyl (C=O) groups is 1. The molecule has 0 radical (unpaired) electrons. The van der Waals surface area contributed by atoms with Gasteiger partial charge >= 0.3 is 0 Å². The van der Waals surface area contributed by atoms with Crippen LogP contribution in [0, 0.1) is 23.7 Å². The van der Waals surface area contributed by atoms with Gasteiger partial charge in [-0.1, -0.05) is 25.7 Å². The standard InChI is InChI=1S/C13H22O2/c1-9(15)13-7-11-5-3-2-4-10(11)6-12(13)8-14/h8-13,15H,2-7H2,1H3/t9-,10+,11?,12+,13-/m1/s1. The Labute approximate surface area is 92.1 Å². The van der Waals surface area contributed by atoms with Gasteiger partial charge in [-0.2, -0.15) is 0 Å². The minimum atomic E-state index is -0.317. The van der Waals surface area contributed by atoms with Crippen LogP contribution >= 0.6 is 0 Å². The molecule has 5 atom stereocenters. The minimum absolute atomic E-state index is 0.115. The minimum Gasteiger partial charge on any atom is -0.393 e. The molecule has 0 spiro atoms. The number of fused-ring (bicyclic) bond motifs is 1. The Kier molecular flexibility index (Phi) is 3.45. The molecule has 0 aromatic rings. The lowest BCUT2D eigenvalue weighted by molar-refractivity contribution is -0.117. The predicted octanol–water partition coefficient (Wildman–Crippen LogP) is 2.40. The molecule has 2 aliphatic carbocycles. The van der Waals surface area contributed by atoms with Crippen molar-refractivity contribution in [3.8, 4) is 0 Å². The van der Waals surface area contributed by atoms with Crippen molar-refractivity contribution in [1.82, 2.24) is 0 Å². The van der Waals surface area contributed by atoms with Crippen LogP contribution in [0.4, 0.5) is 0 Å². The SMILES string of the molecule is C[C@@H](O)[C@H]1CC2CCCC[C@H]2C[C@H]1C=O. The summed E-state index contributed by atoms with van der Waals surface area (Å²) in [5.41, 5.74) is 0. The topological polar surface area (TPSA) is 37.3 Å². The van der Waals surface area contributed by atoms with Gasteiger partial charge in [0.25, 0.3) is 0 Å². The molecule has 2 nitrogen and oxygen atoms in total. The second-order valence-corrected chi connectivity index (χ2v) is 5.48. The lowest BCUT2D eigenvalue weighted by atomic mass is 9.62. The third kappa shape index (κ3) is 2.25. The van der Waals surface area contributed by atoms with Crippen LogP contribution in [-0.2, 0) is 4.79 Å². The van der Waals surface area contributed by atoms with Crippen LogP contribution in [0.3, 0.4) is 0 Å². The van der Waals surface area contributed by atoms with E-state index in [1.54, 1.807) is 0 Å². The number of aliphatic hydroxyl groups is 1. The van der Waals surface area contributed by atoms with Crippen molar-refractivity contribution >= 4 is 6.29 Å². The quantitative estimate of drug-likeness (QED) is 0.711. The number of hydrogen-bond donors (Lipinski definition) is 1. The molecule has 0 bridgehead atoms. The Balaban J connectivity index is 2.05. The molecule has 0 amide bonds. The average Bonchev–Trinajstić information content (AvgIpc) is 2.27. The third-order valence-electron chi connectivity index (χ3n) is 4.56. The summed E-state index contributed by atoms with van der Waals surface area (Å²) in [5.74, 6) is 1.89. The maximum atomic E-state index is 11.0. The lowest BCUT2D eigenvalue weighted by Crippen LogP contribution is -2.39. The van der Waals surface area contributed by atoms with Crippen molar-refractivity contribution in [1.29, 1.82) is 0 Å². The molecular weight excluding hydrogens is 188 g/mol. The molecule has 1 N–H and O–H groups in total. The third-order valence-corrected chi connectivity index (χ3v) is 4.56. The number of aliphatic hydroxyl groups excluding tert-OH is 1. The van der Waals surface area contributed by atoms with Crippen molar-refractivity contribution in [3.05, 3.63) is 0 Å². The normalized spacial score (nSPS) is 43.1. The van der Waals surface area contributed by atoms with Crippen molar-refractivity contribution in [2.45, 2.75) is 51.6 Å². The van der Waals surface area contributed by atoms with Crippen LogP contribution in [0.5, 0.6) is 0 Å². The van der Waals surface area contributed by atoms with E-state index in [0.29, 0.717) is 0 Å². The summed E-state index contributed by atoms with van der Waals surface area (Å²) < 4.78 is 0. The van der Waals surface area contributed by atoms with Gasteiger partial charge in [0.05, 0.1) is 6.10 Å². The van der Waals surface area contributed by atoms with Crippen molar-refractivity contribution < 1.29 is 9.90 Å². The molecule has 0 aromatic carbocycles. The van der Waals surface area contributed by atoms with E-state index in [9.17, 15) is 9.90 Å². The zero-order valence-electron chi connectivity index (χ0n) is 9.56. The highest BCUT2D eigenvalue weighted by molar-refractivity contribution is 5.54. The first-order valence-electron chi connectivity index (χ1n) is 6.35. The second-order valence-electron chi connectivity index (χ2n) is 5.48. The molecule has 2 aliphatic rings. The smallest absolute Gasteiger partial charge is 0.123 e. The Morgan fingerprint density at radius 3 is 2.33 bits per heavy atom. The molecule has 0 aromatic heterocycles. The van der Waals surface area contributed by atoms with Gasteiger partial charge < -0.3 is 9.90 Å². The van der Waals surface area contributed by atoms with Crippen molar-refractivity contribution in [2.24, 2.45) is 23.7 Å². The molecule has 1 unspecified atom stereocenters. The zero-order valence-corrected chi connectivity index (χ0v) is 9.56. The van der Waals surface area contributed by atoms with E-state index >= 15 is 0 Å². The van der Waals surface area contributed by atoms with E-state index in [4.69, 9.17) is 0 Å². The molecule has 2 fully saturated rings. The number of hydrogen-bond acceptors (Lipinski definition) is 2. The number of aldehydes is 1. The first-order valence-corrected chi connectivity index (χ1v) is 6.35.